The molecule has 1 aromatic heterocycles. The van der Waals surface area contributed by atoms with Gasteiger partial charge in [0.25, 0.3) is 0 Å². The molecule has 3 aromatic rings. The molecule has 1 saturated heterocycles. The Labute approximate surface area is 176 Å². The smallest absolute Gasteiger partial charge is 0.225 e. The van der Waals surface area contributed by atoms with Gasteiger partial charge in [-0.2, -0.15) is 9.36 Å². The van der Waals surface area contributed by atoms with Crippen LogP contribution in [0.4, 0.5) is 5.69 Å². The molecule has 0 spiro atoms. The molecule has 0 amide bonds. The lowest BCUT2D eigenvalue weighted by molar-refractivity contribution is -0.924. The van der Waals surface area contributed by atoms with E-state index in [1.807, 2.05) is 35.9 Å². The average molecular weight is 412 g/mol. The molecular weight excluding hydrogens is 384 g/mol. The lowest BCUT2D eigenvalue weighted by Crippen LogP contribution is -3.14. The van der Waals surface area contributed by atoms with Gasteiger partial charge < -0.3 is 14.5 Å². The average Bonchev–Trinajstić information content (AvgIpc) is 3.10. The van der Waals surface area contributed by atoms with Crippen molar-refractivity contribution in [3.05, 3.63) is 58.9 Å². The minimum Gasteiger partial charge on any atom is -0.492 e. The van der Waals surface area contributed by atoms with Gasteiger partial charge in [0.05, 0.1) is 44.2 Å². The van der Waals surface area contributed by atoms with E-state index in [4.69, 9.17) is 17.0 Å². The van der Waals surface area contributed by atoms with Gasteiger partial charge in [0.2, 0.25) is 4.77 Å². The molecule has 1 aliphatic heterocycles. The number of benzene rings is 2. The van der Waals surface area contributed by atoms with E-state index in [1.165, 1.54) is 16.2 Å². The number of para-hydroxylation sites is 2. The van der Waals surface area contributed by atoms with Gasteiger partial charge in [0, 0.05) is 0 Å². The number of nitrogens with zero attached hydrogens (tertiary/aromatic N) is 5. The molecule has 0 bridgehead atoms. The van der Waals surface area contributed by atoms with Crippen LogP contribution in [0, 0.1) is 11.7 Å². The Kier molecular flexibility index (Phi) is 5.92. The molecule has 0 radical (unpaired) electrons. The zero-order valence-corrected chi connectivity index (χ0v) is 17.7. The maximum Gasteiger partial charge on any atom is 0.225 e. The molecule has 1 aliphatic rings. The Hall–Kier alpha value is -2.71. The number of hydrogen-bond acceptors (Lipinski definition) is 5. The summed E-state index contributed by atoms with van der Waals surface area (Å²) in [5, 5.41) is 8.56. The summed E-state index contributed by atoms with van der Waals surface area (Å²) in [7, 11) is 0. The van der Waals surface area contributed by atoms with Crippen LogP contribution in [0.5, 0.6) is 5.75 Å². The van der Waals surface area contributed by atoms with Gasteiger partial charge in [0.1, 0.15) is 5.75 Å². The molecule has 0 atom stereocenters. The number of tetrazole rings is 1. The summed E-state index contributed by atoms with van der Waals surface area (Å²) in [6, 6.07) is 16.4. The zero-order valence-electron chi connectivity index (χ0n) is 16.9. The molecule has 2 heterocycles. The summed E-state index contributed by atoms with van der Waals surface area (Å²) in [6.45, 7) is 9.46. The highest BCUT2D eigenvalue weighted by Gasteiger charge is 2.23. The van der Waals surface area contributed by atoms with Gasteiger partial charge in [-0.15, -0.1) is 0 Å². The van der Waals surface area contributed by atoms with Crippen LogP contribution in [-0.4, -0.2) is 52.6 Å². The SMILES string of the molecule is CCOc1ccccc1N1CC[NH+](Cn2nnn(-c3ccc(C)cc3)c2=S)CC1. The predicted octanol–water partition coefficient (Wildman–Crippen LogP) is 1.87. The number of anilines is 1. The number of aryl methyl sites for hydroxylation is 1. The Balaban J connectivity index is 1.41. The lowest BCUT2D eigenvalue weighted by atomic mass is 10.2. The molecule has 152 valence electrons. The van der Waals surface area contributed by atoms with E-state index in [0.717, 1.165) is 44.3 Å². The second-order valence-corrected chi connectivity index (χ2v) is 7.67. The van der Waals surface area contributed by atoms with Crippen LogP contribution in [-0.2, 0) is 6.67 Å². The molecule has 0 aliphatic carbocycles. The first-order chi connectivity index (χ1) is 14.2. The summed E-state index contributed by atoms with van der Waals surface area (Å²) < 4.78 is 9.98. The molecule has 1 fully saturated rings. The summed E-state index contributed by atoms with van der Waals surface area (Å²) in [5.41, 5.74) is 3.33. The van der Waals surface area contributed by atoms with Gasteiger partial charge in [-0.05, 0) is 60.8 Å². The van der Waals surface area contributed by atoms with Crippen molar-refractivity contribution < 1.29 is 9.64 Å². The number of rotatable bonds is 6. The third-order valence-corrected chi connectivity index (χ3v) is 5.65. The van der Waals surface area contributed by atoms with Crippen LogP contribution < -0.4 is 14.5 Å². The Morgan fingerprint density at radius 2 is 1.76 bits per heavy atom. The van der Waals surface area contributed by atoms with Crippen LogP contribution in [0.1, 0.15) is 12.5 Å². The van der Waals surface area contributed by atoms with E-state index < -0.39 is 0 Å². The van der Waals surface area contributed by atoms with Crippen LogP contribution in [0.25, 0.3) is 5.69 Å². The van der Waals surface area contributed by atoms with Gasteiger partial charge in [-0.3, -0.25) is 0 Å². The van der Waals surface area contributed by atoms with Crippen molar-refractivity contribution in [2.45, 2.75) is 20.5 Å². The molecule has 8 heteroatoms. The first-order valence-electron chi connectivity index (χ1n) is 10.1. The second-order valence-electron chi connectivity index (χ2n) is 7.30. The van der Waals surface area contributed by atoms with Gasteiger partial charge in [-0.1, -0.05) is 29.8 Å². The lowest BCUT2D eigenvalue weighted by Gasteiger charge is -2.34. The topological polar surface area (TPSA) is 52.6 Å². The maximum absolute atomic E-state index is 5.79. The highest BCUT2D eigenvalue weighted by molar-refractivity contribution is 7.71. The van der Waals surface area contributed by atoms with E-state index in [1.54, 1.807) is 4.68 Å². The Morgan fingerprint density at radius 3 is 2.48 bits per heavy atom. The van der Waals surface area contributed by atoms with E-state index in [9.17, 15) is 0 Å². The second kappa shape index (κ2) is 8.75. The standard InChI is InChI=1S/C21H26N6OS/c1-3-28-20-7-5-4-6-19(20)25-14-12-24(13-15-25)16-26-21(29)27(23-22-26)18-10-8-17(2)9-11-18/h4-11H,3,12-16H2,1-2H3/p+1. The van der Waals surface area contributed by atoms with Gasteiger partial charge in [0.15, 0.2) is 6.67 Å². The monoisotopic (exact) mass is 411 g/mol. The summed E-state index contributed by atoms with van der Waals surface area (Å²) >= 11 is 5.62. The third-order valence-electron chi connectivity index (χ3n) is 5.27. The highest BCUT2D eigenvalue weighted by atomic mass is 32.1. The minimum absolute atomic E-state index is 0.630. The quantitative estimate of drug-likeness (QED) is 0.628. The van der Waals surface area contributed by atoms with E-state index >= 15 is 0 Å². The molecule has 29 heavy (non-hydrogen) atoms. The molecule has 2 aromatic carbocycles. The molecular formula is C21H27N6OS+. The molecule has 0 unspecified atom stereocenters. The van der Waals surface area contributed by atoms with Gasteiger partial charge in [-0.25, -0.2) is 0 Å². The first-order valence-corrected chi connectivity index (χ1v) is 10.5. The fourth-order valence-electron chi connectivity index (χ4n) is 3.65. The fraction of sp³-hybridized carbons (Fsp3) is 0.381. The molecule has 0 saturated carbocycles. The van der Waals surface area contributed by atoms with Crippen molar-refractivity contribution in [2.75, 3.05) is 37.7 Å². The minimum atomic E-state index is 0.630. The van der Waals surface area contributed by atoms with E-state index in [2.05, 4.69) is 46.5 Å². The van der Waals surface area contributed by atoms with Crippen molar-refractivity contribution in [2.24, 2.45) is 0 Å². The number of piperazine rings is 1. The summed E-state index contributed by atoms with van der Waals surface area (Å²) in [4.78, 5) is 3.85. The number of nitrogens with one attached hydrogen (secondary N) is 1. The van der Waals surface area contributed by atoms with Crippen molar-refractivity contribution >= 4 is 17.9 Å². The van der Waals surface area contributed by atoms with Gasteiger partial charge >= 0.3 is 0 Å². The Bertz CT molecular complexity index is 1000. The zero-order chi connectivity index (χ0) is 20.2. The van der Waals surface area contributed by atoms with E-state index in [-0.39, 0.29) is 0 Å². The van der Waals surface area contributed by atoms with Crippen molar-refractivity contribution in [3.63, 3.8) is 0 Å². The Morgan fingerprint density at radius 1 is 1.03 bits per heavy atom. The fourth-order valence-corrected chi connectivity index (χ4v) is 3.89. The first kappa shape index (κ1) is 19.6. The van der Waals surface area contributed by atoms with Crippen LogP contribution in [0.15, 0.2) is 48.5 Å². The third kappa shape index (κ3) is 4.33. The van der Waals surface area contributed by atoms with E-state index in [0.29, 0.717) is 11.4 Å². The predicted molar refractivity (Wildman–Crippen MR) is 115 cm³/mol. The number of hydrogen-bond donors (Lipinski definition) is 1. The molecule has 4 rings (SSSR count). The van der Waals surface area contributed by atoms with Crippen molar-refractivity contribution in [1.29, 1.82) is 0 Å². The molecule has 1 N–H and O–H groups in total. The van der Waals surface area contributed by atoms with Crippen LogP contribution in [0.2, 0.25) is 0 Å². The highest BCUT2D eigenvalue weighted by Crippen LogP contribution is 2.27. The van der Waals surface area contributed by atoms with Crippen molar-refractivity contribution in [3.8, 4) is 11.4 Å². The van der Waals surface area contributed by atoms with Crippen LogP contribution in [0.3, 0.4) is 0 Å². The number of aromatic nitrogens is 4. The number of quaternary nitrogens is 1. The van der Waals surface area contributed by atoms with Crippen LogP contribution >= 0.6 is 12.2 Å². The maximum atomic E-state index is 5.79. The normalized spacial score (nSPS) is 14.9. The van der Waals surface area contributed by atoms with Crippen molar-refractivity contribution in [1.82, 2.24) is 19.8 Å². The largest absolute Gasteiger partial charge is 0.492 e. The number of ether oxygens (including phenoxy) is 1. The summed E-state index contributed by atoms with van der Waals surface area (Å²) in [6.07, 6.45) is 0. The summed E-state index contributed by atoms with van der Waals surface area (Å²) in [5.74, 6) is 0.960. The molecule has 7 nitrogen and oxygen atoms in total.